The highest BCUT2D eigenvalue weighted by atomic mass is 19.4. The first-order chi connectivity index (χ1) is 16.4. The zero-order chi connectivity index (χ0) is 27.3. The summed E-state index contributed by atoms with van der Waals surface area (Å²) in [5, 5.41) is 18.8. The van der Waals surface area contributed by atoms with Crippen molar-refractivity contribution in [3.63, 3.8) is 0 Å². The van der Waals surface area contributed by atoms with E-state index in [1.165, 1.54) is 18.2 Å². The first-order valence-electron chi connectivity index (χ1n) is 9.74. The molecule has 0 unspecified atom stereocenters. The molecule has 1 heterocycles. The third kappa shape index (κ3) is 4.44. The average Bonchev–Trinajstić information content (AvgIpc) is 2.76. The van der Waals surface area contributed by atoms with E-state index < -0.39 is 57.8 Å². The van der Waals surface area contributed by atoms with Gasteiger partial charge in [0.1, 0.15) is 11.6 Å². The number of halogens is 9. The Morgan fingerprint density at radius 3 is 1.86 bits per heavy atom. The van der Waals surface area contributed by atoms with Crippen LogP contribution in [0.3, 0.4) is 0 Å². The fraction of sp³-hybridized carbons (Fsp3) is 0.217. The molecule has 0 amide bonds. The van der Waals surface area contributed by atoms with E-state index in [4.69, 9.17) is 0 Å². The van der Waals surface area contributed by atoms with E-state index in [-0.39, 0.29) is 17.7 Å². The largest absolute Gasteiger partial charge is 0.430 e. The number of rotatable bonds is 3. The number of nitrogens with zero attached hydrogens (tertiary/aromatic N) is 2. The van der Waals surface area contributed by atoms with Crippen molar-refractivity contribution in [2.24, 2.45) is 0 Å². The van der Waals surface area contributed by atoms with Gasteiger partial charge in [-0.25, -0.2) is 0 Å². The molecule has 36 heavy (non-hydrogen) atoms. The molecule has 0 saturated heterocycles. The number of aromatic nitrogens is 1. The normalized spacial score (nSPS) is 12.9. The minimum Gasteiger partial charge on any atom is -0.369 e. The summed E-state index contributed by atoms with van der Waals surface area (Å²) < 4.78 is 120. The Morgan fingerprint density at radius 1 is 0.861 bits per heavy atom. The summed E-state index contributed by atoms with van der Waals surface area (Å²) >= 11 is 0. The first kappa shape index (κ1) is 26.8. The van der Waals surface area contributed by atoms with Gasteiger partial charge in [0.2, 0.25) is 0 Å². The molecule has 1 N–H and O–H groups in total. The number of nitriles is 1. The van der Waals surface area contributed by atoms with Crippen LogP contribution < -0.4 is 5.56 Å². The molecular formula is C23H13F9N2O2. The Morgan fingerprint density at radius 2 is 1.42 bits per heavy atom. The van der Waals surface area contributed by atoms with Gasteiger partial charge in [-0.15, -0.1) is 0 Å². The smallest absolute Gasteiger partial charge is 0.369 e. The molecule has 0 spiro atoms. The van der Waals surface area contributed by atoms with Crippen LogP contribution in [0.5, 0.6) is 0 Å². The first-order valence-corrected chi connectivity index (χ1v) is 9.74. The number of hydrogen-bond acceptors (Lipinski definition) is 3. The highest BCUT2D eigenvalue weighted by Gasteiger charge is 2.71. The fourth-order valence-corrected chi connectivity index (χ4v) is 3.55. The van der Waals surface area contributed by atoms with Gasteiger partial charge in [-0.2, -0.15) is 44.8 Å². The van der Waals surface area contributed by atoms with Gasteiger partial charge in [0.25, 0.3) is 11.2 Å². The molecule has 0 saturated carbocycles. The Bertz CT molecular complexity index is 1380. The van der Waals surface area contributed by atoms with Crippen molar-refractivity contribution in [1.29, 1.82) is 5.26 Å². The number of pyridine rings is 1. The highest BCUT2D eigenvalue weighted by Crippen LogP contribution is 2.50. The van der Waals surface area contributed by atoms with Gasteiger partial charge in [-0.1, -0.05) is 35.9 Å². The minimum absolute atomic E-state index is 0.0493. The van der Waals surface area contributed by atoms with E-state index in [1.54, 1.807) is 13.0 Å². The zero-order valence-corrected chi connectivity index (χ0v) is 17.8. The van der Waals surface area contributed by atoms with Crippen LogP contribution in [0.1, 0.15) is 22.3 Å². The summed E-state index contributed by atoms with van der Waals surface area (Å²) in [5.74, 6) is 0. The van der Waals surface area contributed by atoms with Crippen LogP contribution >= 0.6 is 0 Å². The monoisotopic (exact) mass is 520 g/mol. The predicted molar refractivity (Wildman–Crippen MR) is 108 cm³/mol. The molecule has 13 heteroatoms. The van der Waals surface area contributed by atoms with Crippen molar-refractivity contribution in [1.82, 2.24) is 4.57 Å². The van der Waals surface area contributed by atoms with Gasteiger partial charge in [0, 0.05) is 11.3 Å². The van der Waals surface area contributed by atoms with Gasteiger partial charge >= 0.3 is 18.5 Å². The number of alkyl halides is 9. The van der Waals surface area contributed by atoms with Crippen molar-refractivity contribution in [3.8, 4) is 23.0 Å². The molecule has 2 aromatic carbocycles. The summed E-state index contributed by atoms with van der Waals surface area (Å²) in [5.41, 5.74) is -11.5. The average molecular weight is 520 g/mol. The van der Waals surface area contributed by atoms with Gasteiger partial charge in [0.15, 0.2) is 0 Å². The van der Waals surface area contributed by atoms with Crippen molar-refractivity contribution < 1.29 is 44.6 Å². The maximum absolute atomic E-state index is 13.6. The van der Waals surface area contributed by atoms with E-state index in [1.807, 2.05) is 0 Å². The van der Waals surface area contributed by atoms with E-state index in [0.29, 0.717) is 28.3 Å². The Labute approximate surface area is 196 Å². The van der Waals surface area contributed by atoms with Gasteiger partial charge in [-0.05, 0) is 36.8 Å². The molecule has 0 aliphatic heterocycles. The fourth-order valence-electron chi connectivity index (χ4n) is 3.55. The summed E-state index contributed by atoms with van der Waals surface area (Å²) in [7, 11) is 0. The molecule has 4 nitrogen and oxygen atoms in total. The number of benzene rings is 2. The molecule has 0 atom stereocenters. The van der Waals surface area contributed by atoms with Gasteiger partial charge < -0.3 is 5.11 Å². The standard InChI is InChI=1S/C23H13F9N2O2/c1-12-3-2-4-13(9-12)18-10-17(21(24,25)26)16(11-33)19(35)34(18)15-7-5-14(6-8-15)20(36,22(27,28)29)23(30,31)32/h2-10,36H,1H3. The molecule has 0 bridgehead atoms. The molecule has 0 radical (unpaired) electrons. The second-order valence-electron chi connectivity index (χ2n) is 7.69. The number of aliphatic hydroxyl groups is 1. The van der Waals surface area contributed by atoms with Crippen molar-refractivity contribution in [3.05, 3.63) is 87.2 Å². The SMILES string of the molecule is Cc1cccc(-c2cc(C(F)(F)F)c(C#N)c(=O)n2-c2ccc(C(O)(C(F)(F)F)C(F)(F)F)cc2)c1. The zero-order valence-electron chi connectivity index (χ0n) is 17.8. The summed E-state index contributed by atoms with van der Waals surface area (Å²) in [6, 6.07) is 9.05. The van der Waals surface area contributed by atoms with Crippen molar-refractivity contribution in [2.45, 2.75) is 31.1 Å². The maximum Gasteiger partial charge on any atom is 0.430 e. The highest BCUT2D eigenvalue weighted by molar-refractivity contribution is 5.66. The number of aryl methyl sites for hydroxylation is 1. The van der Waals surface area contributed by atoms with Crippen LogP contribution in [-0.2, 0) is 11.8 Å². The second-order valence-corrected chi connectivity index (χ2v) is 7.69. The van der Waals surface area contributed by atoms with Crippen LogP contribution in [0, 0.1) is 18.3 Å². The third-order valence-corrected chi connectivity index (χ3v) is 5.30. The maximum atomic E-state index is 13.6. The van der Waals surface area contributed by atoms with E-state index in [0.717, 1.165) is 6.07 Å². The Hall–Kier alpha value is -3.79. The van der Waals surface area contributed by atoms with Crippen LogP contribution in [0.25, 0.3) is 16.9 Å². The molecule has 3 aromatic rings. The number of hydrogen-bond donors (Lipinski definition) is 1. The second kappa shape index (κ2) is 8.70. The van der Waals surface area contributed by atoms with E-state index in [9.17, 15) is 54.7 Å². The van der Waals surface area contributed by atoms with E-state index >= 15 is 0 Å². The van der Waals surface area contributed by atoms with Crippen LogP contribution in [0.4, 0.5) is 39.5 Å². The predicted octanol–water partition coefficient (Wildman–Crippen LogP) is 6.02. The lowest BCUT2D eigenvalue weighted by Gasteiger charge is -2.32. The third-order valence-electron chi connectivity index (χ3n) is 5.30. The topological polar surface area (TPSA) is 66.0 Å². The summed E-state index contributed by atoms with van der Waals surface area (Å²) in [6.45, 7) is 1.59. The quantitative estimate of drug-likeness (QED) is 0.430. The molecule has 3 rings (SSSR count). The lowest BCUT2D eigenvalue weighted by Crippen LogP contribution is -2.53. The van der Waals surface area contributed by atoms with Gasteiger partial charge in [0.05, 0.1) is 11.3 Å². The molecular weight excluding hydrogens is 507 g/mol. The lowest BCUT2D eigenvalue weighted by atomic mass is 9.92. The molecule has 0 aliphatic rings. The van der Waals surface area contributed by atoms with Crippen molar-refractivity contribution in [2.75, 3.05) is 0 Å². The van der Waals surface area contributed by atoms with Gasteiger partial charge in [-0.3, -0.25) is 9.36 Å². The molecule has 190 valence electrons. The minimum atomic E-state index is -6.17. The molecule has 0 fully saturated rings. The van der Waals surface area contributed by atoms with Crippen molar-refractivity contribution >= 4 is 0 Å². The Balaban J connectivity index is 2.36. The summed E-state index contributed by atoms with van der Waals surface area (Å²) in [6.07, 6.45) is -17.5. The molecule has 1 aromatic heterocycles. The Kier molecular flexibility index (Phi) is 6.48. The van der Waals surface area contributed by atoms with Crippen LogP contribution in [0.2, 0.25) is 0 Å². The van der Waals surface area contributed by atoms with Crippen LogP contribution in [0.15, 0.2) is 59.4 Å². The van der Waals surface area contributed by atoms with Crippen LogP contribution in [-0.4, -0.2) is 22.0 Å². The summed E-state index contributed by atoms with van der Waals surface area (Å²) in [4.78, 5) is 13.0. The lowest BCUT2D eigenvalue weighted by molar-refractivity contribution is -0.376. The van der Waals surface area contributed by atoms with E-state index in [2.05, 4.69) is 0 Å². The molecule has 0 aliphatic carbocycles.